The molecule has 0 saturated carbocycles. The average Bonchev–Trinajstić information content (AvgIpc) is 2.54. The monoisotopic (exact) mass is 382 g/mol. The molecule has 1 aromatic heterocycles. The van der Waals surface area contributed by atoms with E-state index in [-0.39, 0.29) is 17.8 Å². The van der Waals surface area contributed by atoms with Crippen LogP contribution in [0.1, 0.15) is 57.8 Å². The number of nitrogens with zero attached hydrogens (tertiary/aromatic N) is 2. The first-order valence-electron chi connectivity index (χ1n) is 9.23. The van der Waals surface area contributed by atoms with Gasteiger partial charge in [0.2, 0.25) is 0 Å². The second kappa shape index (κ2) is 8.37. The first kappa shape index (κ1) is 20.7. The van der Waals surface area contributed by atoms with Crippen LogP contribution in [0.3, 0.4) is 0 Å². The Morgan fingerprint density at radius 1 is 1.27 bits per heavy atom. The Bertz CT molecular complexity index is 690. The van der Waals surface area contributed by atoms with Crippen LogP contribution in [-0.2, 0) is 14.6 Å². The van der Waals surface area contributed by atoms with E-state index in [0.717, 1.165) is 5.56 Å². The molecule has 26 heavy (non-hydrogen) atoms. The van der Waals surface area contributed by atoms with Gasteiger partial charge in [-0.15, -0.1) is 0 Å². The Hall–Kier alpha value is -1.63. The van der Waals surface area contributed by atoms with E-state index in [2.05, 4.69) is 4.98 Å². The summed E-state index contributed by atoms with van der Waals surface area (Å²) < 4.78 is 31.2. The van der Waals surface area contributed by atoms with Gasteiger partial charge in [0.1, 0.15) is 5.60 Å². The van der Waals surface area contributed by atoms with Crippen molar-refractivity contribution in [2.45, 2.75) is 57.8 Å². The van der Waals surface area contributed by atoms with Crippen molar-refractivity contribution in [3.63, 3.8) is 0 Å². The molecule has 1 saturated heterocycles. The molecule has 1 aromatic rings. The summed E-state index contributed by atoms with van der Waals surface area (Å²) in [5.74, 6) is 0.166. The number of aromatic nitrogens is 1. The number of rotatable bonds is 5. The van der Waals surface area contributed by atoms with Crippen LogP contribution in [0.15, 0.2) is 24.5 Å². The minimum absolute atomic E-state index is 0.00682. The van der Waals surface area contributed by atoms with Gasteiger partial charge in [0.05, 0.1) is 11.0 Å². The summed E-state index contributed by atoms with van der Waals surface area (Å²) in [6.45, 7) is 8.44. The fourth-order valence-corrected chi connectivity index (χ4v) is 5.70. The largest absolute Gasteiger partial charge is 0.444 e. The molecule has 0 aliphatic carbocycles. The SMILES string of the molecule is CCCS(=O)(=O)C(c1ccncc1)C1CCN(C(=O)OC(C)(C)C)CC1. The maximum atomic E-state index is 12.9. The lowest BCUT2D eigenvalue weighted by Gasteiger charge is -2.36. The fraction of sp³-hybridized carbons (Fsp3) is 0.684. The highest BCUT2D eigenvalue weighted by Crippen LogP contribution is 2.37. The molecular weight excluding hydrogens is 352 g/mol. The number of piperidine rings is 1. The predicted octanol–water partition coefficient (Wildman–Crippen LogP) is 3.59. The number of hydrogen-bond donors (Lipinski definition) is 0. The molecule has 2 heterocycles. The Kier molecular flexibility index (Phi) is 6.66. The van der Waals surface area contributed by atoms with Crippen LogP contribution in [-0.4, -0.2) is 48.8 Å². The van der Waals surface area contributed by atoms with E-state index in [0.29, 0.717) is 32.4 Å². The number of carbonyl (C=O) groups is 1. The van der Waals surface area contributed by atoms with Crippen molar-refractivity contribution in [2.24, 2.45) is 5.92 Å². The average molecular weight is 383 g/mol. The third-order valence-electron chi connectivity index (χ3n) is 4.53. The van der Waals surface area contributed by atoms with Crippen LogP contribution < -0.4 is 0 Å². The highest BCUT2D eigenvalue weighted by atomic mass is 32.2. The van der Waals surface area contributed by atoms with Crippen LogP contribution in [0.4, 0.5) is 4.79 Å². The second-order valence-corrected chi connectivity index (χ2v) is 10.1. The fourth-order valence-electron chi connectivity index (χ4n) is 3.45. The number of pyridine rings is 1. The van der Waals surface area contributed by atoms with Crippen molar-refractivity contribution in [3.05, 3.63) is 30.1 Å². The van der Waals surface area contributed by atoms with E-state index < -0.39 is 20.7 Å². The molecule has 0 spiro atoms. The molecule has 1 amide bonds. The van der Waals surface area contributed by atoms with Crippen molar-refractivity contribution >= 4 is 15.9 Å². The van der Waals surface area contributed by atoms with E-state index >= 15 is 0 Å². The van der Waals surface area contributed by atoms with Crippen LogP contribution in [0.2, 0.25) is 0 Å². The molecule has 1 aliphatic heterocycles. The Labute approximate surface area is 156 Å². The summed E-state index contributed by atoms with van der Waals surface area (Å²) in [5, 5.41) is -0.536. The van der Waals surface area contributed by atoms with Crippen molar-refractivity contribution in [2.75, 3.05) is 18.8 Å². The van der Waals surface area contributed by atoms with Crippen molar-refractivity contribution in [1.82, 2.24) is 9.88 Å². The molecule has 1 atom stereocenters. The molecule has 2 rings (SSSR count). The minimum Gasteiger partial charge on any atom is -0.444 e. The molecule has 1 aliphatic rings. The maximum absolute atomic E-state index is 12.9. The molecule has 7 heteroatoms. The van der Waals surface area contributed by atoms with Gasteiger partial charge in [-0.2, -0.15) is 0 Å². The molecule has 0 aromatic carbocycles. The summed E-state index contributed by atoms with van der Waals surface area (Å²) in [4.78, 5) is 17.9. The predicted molar refractivity (Wildman–Crippen MR) is 102 cm³/mol. The number of carbonyl (C=O) groups excluding carboxylic acids is 1. The topological polar surface area (TPSA) is 76.6 Å². The quantitative estimate of drug-likeness (QED) is 0.778. The Balaban J connectivity index is 2.13. The van der Waals surface area contributed by atoms with Crippen LogP contribution in [0, 0.1) is 5.92 Å². The maximum Gasteiger partial charge on any atom is 0.410 e. The molecule has 6 nitrogen and oxygen atoms in total. The molecule has 1 unspecified atom stereocenters. The van der Waals surface area contributed by atoms with Crippen LogP contribution in [0.25, 0.3) is 0 Å². The van der Waals surface area contributed by atoms with Gasteiger partial charge in [-0.25, -0.2) is 13.2 Å². The van der Waals surface area contributed by atoms with Gasteiger partial charge in [-0.3, -0.25) is 4.98 Å². The lowest BCUT2D eigenvalue weighted by Crippen LogP contribution is -2.43. The van der Waals surface area contributed by atoms with Gasteiger partial charge >= 0.3 is 6.09 Å². The standard InChI is InChI=1S/C19H30N2O4S/c1-5-14-26(23,24)17(15-6-10-20-11-7-15)16-8-12-21(13-9-16)18(22)25-19(2,3)4/h6-7,10-11,16-17H,5,8-9,12-14H2,1-4H3. The van der Waals surface area contributed by atoms with Gasteiger partial charge < -0.3 is 9.64 Å². The summed E-state index contributed by atoms with van der Waals surface area (Å²) in [6, 6.07) is 3.58. The van der Waals surface area contributed by atoms with E-state index in [1.165, 1.54) is 0 Å². The molecule has 0 N–H and O–H groups in total. The van der Waals surface area contributed by atoms with Crippen LogP contribution in [0.5, 0.6) is 0 Å². The Morgan fingerprint density at radius 3 is 2.35 bits per heavy atom. The van der Waals surface area contributed by atoms with Gasteiger partial charge in [0.25, 0.3) is 0 Å². The second-order valence-electron chi connectivity index (χ2n) is 7.87. The molecule has 0 radical (unpaired) electrons. The highest BCUT2D eigenvalue weighted by Gasteiger charge is 2.37. The number of likely N-dealkylation sites (tertiary alicyclic amines) is 1. The lowest BCUT2D eigenvalue weighted by molar-refractivity contribution is 0.0182. The van der Waals surface area contributed by atoms with Gasteiger partial charge in [-0.1, -0.05) is 6.92 Å². The van der Waals surface area contributed by atoms with Gasteiger partial charge in [0.15, 0.2) is 9.84 Å². The van der Waals surface area contributed by atoms with Crippen molar-refractivity contribution < 1.29 is 17.9 Å². The van der Waals surface area contributed by atoms with E-state index in [1.807, 2.05) is 27.7 Å². The summed E-state index contributed by atoms with van der Waals surface area (Å²) in [6.07, 6.45) is 4.84. The zero-order chi connectivity index (χ0) is 19.4. The number of sulfone groups is 1. The number of amides is 1. The lowest BCUT2D eigenvalue weighted by atomic mass is 9.90. The molecule has 0 bridgehead atoms. The summed E-state index contributed by atoms with van der Waals surface area (Å²) in [7, 11) is -3.25. The summed E-state index contributed by atoms with van der Waals surface area (Å²) in [5.41, 5.74) is 0.266. The van der Waals surface area contributed by atoms with Crippen molar-refractivity contribution in [3.8, 4) is 0 Å². The first-order chi connectivity index (χ1) is 12.1. The zero-order valence-corrected chi connectivity index (χ0v) is 17.0. The van der Waals surface area contributed by atoms with E-state index in [4.69, 9.17) is 4.74 Å². The summed E-state index contributed by atoms with van der Waals surface area (Å²) >= 11 is 0. The third-order valence-corrected chi connectivity index (χ3v) is 6.94. The smallest absolute Gasteiger partial charge is 0.410 e. The Morgan fingerprint density at radius 2 is 1.85 bits per heavy atom. The van der Waals surface area contributed by atoms with E-state index in [9.17, 15) is 13.2 Å². The number of ether oxygens (including phenoxy) is 1. The number of hydrogen-bond acceptors (Lipinski definition) is 5. The first-order valence-corrected chi connectivity index (χ1v) is 10.9. The minimum atomic E-state index is -3.25. The zero-order valence-electron chi connectivity index (χ0n) is 16.1. The van der Waals surface area contributed by atoms with Crippen molar-refractivity contribution in [1.29, 1.82) is 0 Å². The molecular formula is C19H30N2O4S. The van der Waals surface area contributed by atoms with Gasteiger partial charge in [0, 0.05) is 25.5 Å². The molecule has 146 valence electrons. The van der Waals surface area contributed by atoms with Crippen LogP contribution >= 0.6 is 0 Å². The third kappa shape index (κ3) is 5.43. The normalized spacial score (nSPS) is 17.8. The van der Waals surface area contributed by atoms with Gasteiger partial charge in [-0.05, 0) is 63.6 Å². The van der Waals surface area contributed by atoms with E-state index in [1.54, 1.807) is 29.4 Å². The molecule has 1 fully saturated rings. The highest BCUT2D eigenvalue weighted by molar-refractivity contribution is 7.91.